The van der Waals surface area contributed by atoms with E-state index in [2.05, 4.69) is 44.5 Å². The summed E-state index contributed by atoms with van der Waals surface area (Å²) in [6, 6.07) is 21.6. The van der Waals surface area contributed by atoms with Gasteiger partial charge in [0.05, 0.1) is 0 Å². The van der Waals surface area contributed by atoms with E-state index in [1.54, 1.807) is 48.5 Å². The van der Waals surface area contributed by atoms with Crippen LogP contribution in [0.3, 0.4) is 0 Å². The van der Waals surface area contributed by atoms with E-state index in [0.717, 1.165) is 36.8 Å². The van der Waals surface area contributed by atoms with Crippen molar-refractivity contribution in [3.05, 3.63) is 141 Å². The highest BCUT2D eigenvalue weighted by Crippen LogP contribution is 2.36. The van der Waals surface area contributed by atoms with Gasteiger partial charge in [-0.05, 0) is 128 Å². The van der Waals surface area contributed by atoms with E-state index in [-0.39, 0.29) is 18.0 Å². The van der Waals surface area contributed by atoms with Gasteiger partial charge in [-0.3, -0.25) is 9.59 Å². The molecule has 0 fully saturated rings. The van der Waals surface area contributed by atoms with Crippen LogP contribution < -0.4 is 0 Å². The molecule has 0 amide bonds. The summed E-state index contributed by atoms with van der Waals surface area (Å²) in [6.07, 6.45) is 1.86. The van der Waals surface area contributed by atoms with Crippen LogP contribution in [0.5, 0.6) is 0 Å². The predicted octanol–water partition coefficient (Wildman–Crippen LogP) is 12.8. The van der Waals surface area contributed by atoms with Crippen molar-refractivity contribution >= 4 is 108 Å². The molecule has 0 spiro atoms. The maximum Gasteiger partial charge on any atom is 0.186 e. The molecule has 0 aliphatic carbocycles. The quantitative estimate of drug-likeness (QED) is 0.115. The van der Waals surface area contributed by atoms with Crippen LogP contribution in [0.15, 0.2) is 87.8 Å². The first-order chi connectivity index (χ1) is 20.0. The van der Waals surface area contributed by atoms with Crippen LogP contribution in [0.2, 0.25) is 20.1 Å². The molecular formula is C34H28Br2Cl4O2S. The van der Waals surface area contributed by atoms with Gasteiger partial charge >= 0.3 is 0 Å². The van der Waals surface area contributed by atoms with Gasteiger partial charge in [-0.2, -0.15) is 12.6 Å². The Balaban J connectivity index is 0.000000236. The minimum atomic E-state index is -0.646. The predicted molar refractivity (Wildman–Crippen MR) is 194 cm³/mol. The normalized spacial score (nSPS) is 12.7. The van der Waals surface area contributed by atoms with Gasteiger partial charge in [0.2, 0.25) is 0 Å². The van der Waals surface area contributed by atoms with Gasteiger partial charge in [-0.1, -0.05) is 84.3 Å². The van der Waals surface area contributed by atoms with Gasteiger partial charge < -0.3 is 0 Å². The lowest BCUT2D eigenvalue weighted by molar-refractivity contribution is 0.0970. The van der Waals surface area contributed by atoms with Gasteiger partial charge in [0.25, 0.3) is 0 Å². The summed E-state index contributed by atoms with van der Waals surface area (Å²) in [5, 5.41) is 2.18. The Kier molecular flexibility index (Phi) is 13.0. The molecule has 4 aromatic rings. The Morgan fingerprint density at radius 1 is 0.721 bits per heavy atom. The number of allylic oxidation sites excluding steroid dienone is 2. The average Bonchev–Trinajstić information content (AvgIpc) is 2.90. The standard InChI is InChI=1S/C17H15BrCl2OS.C17H13BrCl2O/c1-10-5-11(3-4-15(10)18)16(21)9-17(2,22)12-6-13(19)8-14(20)7-12;1-10(13-7-14(19)9-15(20)8-13)6-17(21)12-3-4-16(18)11(2)5-12/h3-8,22H,9H2,1-2H3;3-9H,1-2H3. The van der Waals surface area contributed by atoms with E-state index in [9.17, 15) is 9.59 Å². The summed E-state index contributed by atoms with van der Waals surface area (Å²) in [5.74, 6) is -0.0107. The Bertz CT molecular complexity index is 1680. The third-order valence-corrected chi connectivity index (χ3v) is 9.65. The third kappa shape index (κ3) is 10.5. The number of Topliss-reactive ketones (excluding diaryl/α,β-unsaturated/α-hetero) is 1. The molecule has 2 nitrogen and oxygen atoms in total. The summed E-state index contributed by atoms with van der Waals surface area (Å²) < 4.78 is 1.33. The molecule has 0 saturated carbocycles. The van der Waals surface area contributed by atoms with Crippen LogP contribution in [-0.2, 0) is 4.75 Å². The second kappa shape index (κ2) is 15.6. The van der Waals surface area contributed by atoms with Crippen molar-refractivity contribution < 1.29 is 9.59 Å². The number of hydrogen-bond acceptors (Lipinski definition) is 3. The maximum absolute atomic E-state index is 12.5. The second-order valence-electron chi connectivity index (χ2n) is 10.3. The first kappa shape index (κ1) is 35.9. The van der Waals surface area contributed by atoms with E-state index >= 15 is 0 Å². The van der Waals surface area contributed by atoms with Crippen molar-refractivity contribution in [2.45, 2.75) is 38.9 Å². The Hall–Kier alpha value is -1.57. The Morgan fingerprint density at radius 3 is 1.65 bits per heavy atom. The molecule has 43 heavy (non-hydrogen) atoms. The topological polar surface area (TPSA) is 34.1 Å². The van der Waals surface area contributed by atoms with E-state index in [4.69, 9.17) is 46.4 Å². The van der Waals surface area contributed by atoms with Crippen molar-refractivity contribution in [3.8, 4) is 0 Å². The van der Waals surface area contributed by atoms with Gasteiger partial charge in [-0.25, -0.2) is 0 Å². The molecule has 1 unspecified atom stereocenters. The zero-order valence-corrected chi connectivity index (χ0v) is 30.8. The Labute approximate surface area is 295 Å². The molecule has 0 aliphatic heterocycles. The average molecular weight is 802 g/mol. The zero-order valence-electron chi connectivity index (χ0n) is 23.7. The summed E-state index contributed by atoms with van der Waals surface area (Å²) in [5.41, 5.74) is 5.88. The zero-order chi connectivity index (χ0) is 32.1. The van der Waals surface area contributed by atoms with Crippen LogP contribution >= 0.6 is 90.9 Å². The van der Waals surface area contributed by atoms with Crippen molar-refractivity contribution in [1.82, 2.24) is 0 Å². The fraction of sp³-hybridized carbons (Fsp3) is 0.176. The number of carbonyl (C=O) groups excluding carboxylic acids is 2. The van der Waals surface area contributed by atoms with Gasteiger partial charge in [0, 0.05) is 51.3 Å². The lowest BCUT2D eigenvalue weighted by Crippen LogP contribution is -2.19. The molecule has 9 heteroatoms. The number of hydrogen-bond donors (Lipinski definition) is 1. The lowest BCUT2D eigenvalue weighted by atomic mass is 9.92. The summed E-state index contributed by atoms with van der Waals surface area (Å²) >= 11 is 35.6. The monoisotopic (exact) mass is 798 g/mol. The highest BCUT2D eigenvalue weighted by molar-refractivity contribution is 9.10. The fourth-order valence-corrected chi connectivity index (χ4v) is 5.96. The molecule has 4 rings (SSSR count). The molecule has 0 bridgehead atoms. The summed E-state index contributed by atoms with van der Waals surface area (Å²) in [6.45, 7) is 7.67. The SMILES string of the molecule is CC(=CC(=O)c1ccc(Br)c(C)c1)c1cc(Cl)cc(Cl)c1.Cc1cc(C(=O)CC(C)(S)c2cc(Cl)cc(Cl)c2)ccc1Br. The minimum absolute atomic E-state index is 0.0317. The molecule has 224 valence electrons. The smallest absolute Gasteiger partial charge is 0.186 e. The maximum atomic E-state index is 12.5. The van der Waals surface area contributed by atoms with Gasteiger partial charge in [0.15, 0.2) is 11.6 Å². The first-order valence-electron chi connectivity index (χ1n) is 13.0. The fourth-order valence-electron chi connectivity index (χ4n) is 4.14. The van der Waals surface area contributed by atoms with Crippen molar-refractivity contribution in [2.24, 2.45) is 0 Å². The molecular weight excluding hydrogens is 774 g/mol. The molecule has 0 radical (unpaired) electrons. The molecule has 0 saturated heterocycles. The number of benzene rings is 4. The van der Waals surface area contributed by atoms with Crippen LogP contribution in [-0.4, -0.2) is 11.6 Å². The van der Waals surface area contributed by atoms with Gasteiger partial charge in [-0.15, -0.1) is 0 Å². The minimum Gasteiger partial charge on any atom is -0.294 e. The van der Waals surface area contributed by atoms with Crippen LogP contribution in [0.25, 0.3) is 5.57 Å². The third-order valence-electron chi connectivity index (χ3n) is 6.58. The second-order valence-corrected chi connectivity index (χ2v) is 14.8. The molecule has 0 aromatic heterocycles. The molecule has 4 aromatic carbocycles. The van der Waals surface area contributed by atoms with Crippen LogP contribution in [0.4, 0.5) is 0 Å². The van der Waals surface area contributed by atoms with E-state index < -0.39 is 4.75 Å². The number of thiol groups is 1. The highest BCUT2D eigenvalue weighted by atomic mass is 79.9. The van der Waals surface area contributed by atoms with Crippen molar-refractivity contribution in [3.63, 3.8) is 0 Å². The summed E-state index contributed by atoms with van der Waals surface area (Å²) in [4.78, 5) is 24.8. The number of halogens is 6. The van der Waals surface area contributed by atoms with E-state index in [0.29, 0.717) is 31.2 Å². The Morgan fingerprint density at radius 2 is 1.16 bits per heavy atom. The summed E-state index contributed by atoms with van der Waals surface area (Å²) in [7, 11) is 0. The van der Waals surface area contributed by atoms with E-state index in [1.165, 1.54) is 0 Å². The largest absolute Gasteiger partial charge is 0.294 e. The van der Waals surface area contributed by atoms with Crippen LogP contribution in [0, 0.1) is 13.8 Å². The number of aryl methyl sites for hydroxylation is 2. The van der Waals surface area contributed by atoms with Gasteiger partial charge in [0.1, 0.15) is 0 Å². The van der Waals surface area contributed by atoms with Crippen molar-refractivity contribution in [1.29, 1.82) is 0 Å². The van der Waals surface area contributed by atoms with E-state index in [1.807, 2.05) is 58.0 Å². The first-order valence-corrected chi connectivity index (χ1v) is 16.5. The number of rotatable bonds is 7. The molecule has 1 atom stereocenters. The van der Waals surface area contributed by atoms with Crippen molar-refractivity contribution in [2.75, 3.05) is 0 Å². The molecule has 0 heterocycles. The van der Waals surface area contributed by atoms with Crippen LogP contribution in [0.1, 0.15) is 63.2 Å². The highest BCUT2D eigenvalue weighted by Gasteiger charge is 2.27. The molecule has 0 N–H and O–H groups in total. The number of carbonyl (C=O) groups is 2. The lowest BCUT2D eigenvalue weighted by Gasteiger charge is -2.24. The molecule has 0 aliphatic rings. The number of ketones is 2.